The third-order valence-corrected chi connectivity index (χ3v) is 7.34. The van der Waals surface area contributed by atoms with Crippen molar-refractivity contribution in [1.82, 2.24) is 4.31 Å². The molecule has 2 aliphatic rings. The number of methoxy groups -OCH3 is 1. The summed E-state index contributed by atoms with van der Waals surface area (Å²) in [6.45, 7) is 2.58. The van der Waals surface area contributed by atoms with Gasteiger partial charge in [0.15, 0.2) is 0 Å². The van der Waals surface area contributed by atoms with E-state index in [1.165, 1.54) is 23.5 Å². The highest BCUT2D eigenvalue weighted by Gasteiger charge is 2.26. The summed E-state index contributed by atoms with van der Waals surface area (Å²) in [4.78, 5) is 12.5. The molecular weight excluding hydrogens is 408 g/mol. The fourth-order valence-electron chi connectivity index (χ4n) is 3.74. The van der Waals surface area contributed by atoms with Crippen molar-refractivity contribution >= 4 is 21.6 Å². The van der Waals surface area contributed by atoms with Crippen LogP contribution in [-0.4, -0.2) is 64.8 Å². The summed E-state index contributed by atoms with van der Waals surface area (Å²) in [5, 5.41) is 2.76. The van der Waals surface area contributed by atoms with Crippen molar-refractivity contribution in [3.05, 3.63) is 18.2 Å². The summed E-state index contributed by atoms with van der Waals surface area (Å²) >= 11 is 0. The summed E-state index contributed by atoms with van der Waals surface area (Å²) in [5.41, 5.74) is 0.345. The summed E-state index contributed by atoms with van der Waals surface area (Å²) in [7, 11) is -2.13. The minimum absolute atomic E-state index is 0.119. The number of rotatable bonds is 9. The van der Waals surface area contributed by atoms with Gasteiger partial charge in [-0.05, 0) is 43.9 Å². The van der Waals surface area contributed by atoms with E-state index in [1.54, 1.807) is 6.07 Å². The Morgan fingerprint density at radius 3 is 2.63 bits per heavy atom. The number of nitrogens with one attached hydrogen (secondary N) is 1. The molecule has 9 heteroatoms. The van der Waals surface area contributed by atoms with Gasteiger partial charge in [-0.3, -0.25) is 4.79 Å². The van der Waals surface area contributed by atoms with Crippen molar-refractivity contribution in [3.8, 4) is 5.75 Å². The minimum Gasteiger partial charge on any atom is -0.495 e. The molecule has 2 saturated heterocycles. The highest BCUT2D eigenvalue weighted by molar-refractivity contribution is 7.89. The van der Waals surface area contributed by atoms with Gasteiger partial charge < -0.3 is 19.5 Å². The zero-order chi connectivity index (χ0) is 21.4. The summed E-state index contributed by atoms with van der Waals surface area (Å²) in [6.07, 6.45) is 6.14. The first kappa shape index (κ1) is 23.0. The Kier molecular flexibility index (Phi) is 8.50. The average Bonchev–Trinajstić information content (AvgIpc) is 3.10. The van der Waals surface area contributed by atoms with Crippen LogP contribution in [0.2, 0.25) is 0 Å². The molecule has 0 saturated carbocycles. The predicted molar refractivity (Wildman–Crippen MR) is 113 cm³/mol. The minimum atomic E-state index is -3.61. The largest absolute Gasteiger partial charge is 0.495 e. The molecule has 0 radical (unpaired) electrons. The number of amides is 1. The SMILES string of the molecule is COc1ccc(S(=O)(=O)N2CCCCCC2)cc1NC(=O)CCOCC1CCCO1. The van der Waals surface area contributed by atoms with Crippen molar-refractivity contribution in [1.29, 1.82) is 0 Å². The molecule has 0 aliphatic carbocycles. The lowest BCUT2D eigenvalue weighted by atomic mass is 10.2. The zero-order valence-electron chi connectivity index (χ0n) is 17.6. The molecule has 0 aromatic heterocycles. The van der Waals surface area contributed by atoms with Gasteiger partial charge in [0.1, 0.15) is 5.75 Å². The van der Waals surface area contributed by atoms with E-state index in [4.69, 9.17) is 14.2 Å². The number of carbonyl (C=O) groups excluding carboxylic acids is 1. The molecule has 3 rings (SSSR count). The van der Waals surface area contributed by atoms with Crippen LogP contribution in [0.4, 0.5) is 5.69 Å². The molecule has 168 valence electrons. The zero-order valence-corrected chi connectivity index (χ0v) is 18.4. The fourth-order valence-corrected chi connectivity index (χ4v) is 5.29. The third-order valence-electron chi connectivity index (χ3n) is 5.45. The molecule has 1 amide bonds. The second-order valence-electron chi connectivity index (χ2n) is 7.69. The van der Waals surface area contributed by atoms with E-state index < -0.39 is 10.0 Å². The maximum atomic E-state index is 13.1. The number of nitrogens with zero attached hydrogens (tertiary/aromatic N) is 1. The van der Waals surface area contributed by atoms with Gasteiger partial charge in [0.2, 0.25) is 15.9 Å². The van der Waals surface area contributed by atoms with Gasteiger partial charge in [-0.15, -0.1) is 0 Å². The monoisotopic (exact) mass is 440 g/mol. The van der Waals surface area contributed by atoms with Crippen LogP contribution in [0.15, 0.2) is 23.1 Å². The van der Waals surface area contributed by atoms with Gasteiger partial charge in [-0.25, -0.2) is 8.42 Å². The van der Waals surface area contributed by atoms with Crippen LogP contribution in [0.3, 0.4) is 0 Å². The van der Waals surface area contributed by atoms with E-state index in [1.807, 2.05) is 0 Å². The highest BCUT2D eigenvalue weighted by atomic mass is 32.2. The van der Waals surface area contributed by atoms with Crippen LogP contribution >= 0.6 is 0 Å². The molecule has 2 aliphatic heterocycles. The number of hydrogen-bond donors (Lipinski definition) is 1. The van der Waals surface area contributed by atoms with Crippen molar-refractivity contribution in [3.63, 3.8) is 0 Å². The van der Waals surface area contributed by atoms with Crippen LogP contribution in [-0.2, 0) is 24.3 Å². The van der Waals surface area contributed by atoms with Crippen LogP contribution < -0.4 is 10.1 Å². The van der Waals surface area contributed by atoms with Crippen molar-refractivity contribution in [2.75, 3.05) is 45.3 Å². The smallest absolute Gasteiger partial charge is 0.243 e. The van der Waals surface area contributed by atoms with Crippen LogP contribution in [0, 0.1) is 0 Å². The van der Waals surface area contributed by atoms with Gasteiger partial charge in [0, 0.05) is 19.7 Å². The fraction of sp³-hybridized carbons (Fsp3) is 0.667. The van der Waals surface area contributed by atoms with E-state index in [0.717, 1.165) is 45.1 Å². The van der Waals surface area contributed by atoms with Crippen molar-refractivity contribution in [2.24, 2.45) is 0 Å². The number of anilines is 1. The topological polar surface area (TPSA) is 94.2 Å². The maximum Gasteiger partial charge on any atom is 0.243 e. The van der Waals surface area contributed by atoms with Gasteiger partial charge >= 0.3 is 0 Å². The first-order chi connectivity index (χ1) is 14.5. The van der Waals surface area contributed by atoms with Crippen molar-refractivity contribution in [2.45, 2.75) is 55.9 Å². The lowest BCUT2D eigenvalue weighted by Crippen LogP contribution is -2.32. The molecule has 1 atom stereocenters. The molecule has 8 nitrogen and oxygen atoms in total. The molecule has 1 aromatic carbocycles. The van der Waals surface area contributed by atoms with E-state index in [0.29, 0.717) is 31.1 Å². The number of benzene rings is 1. The summed E-state index contributed by atoms with van der Waals surface area (Å²) < 4.78 is 44.0. The molecule has 2 heterocycles. The Hall–Kier alpha value is -1.68. The normalized spacial score (nSPS) is 20.6. The van der Waals surface area contributed by atoms with Crippen LogP contribution in [0.1, 0.15) is 44.9 Å². The molecule has 1 unspecified atom stereocenters. The van der Waals surface area contributed by atoms with Gasteiger partial charge in [-0.2, -0.15) is 4.31 Å². The van der Waals surface area contributed by atoms with Crippen LogP contribution in [0.25, 0.3) is 0 Å². The molecular formula is C21H32N2O6S. The van der Waals surface area contributed by atoms with E-state index in [-0.39, 0.29) is 29.9 Å². The van der Waals surface area contributed by atoms with E-state index in [9.17, 15) is 13.2 Å². The lowest BCUT2D eigenvalue weighted by Gasteiger charge is -2.21. The van der Waals surface area contributed by atoms with E-state index in [2.05, 4.69) is 5.32 Å². The number of ether oxygens (including phenoxy) is 3. The molecule has 1 aromatic rings. The number of carbonyl (C=O) groups is 1. The Morgan fingerprint density at radius 2 is 1.97 bits per heavy atom. The summed E-state index contributed by atoms with van der Waals surface area (Å²) in [5.74, 6) is 0.156. The first-order valence-electron chi connectivity index (χ1n) is 10.7. The molecule has 1 N–H and O–H groups in total. The second-order valence-corrected chi connectivity index (χ2v) is 9.63. The average molecular weight is 441 g/mol. The van der Waals surface area contributed by atoms with Crippen LogP contribution in [0.5, 0.6) is 5.75 Å². The van der Waals surface area contributed by atoms with Gasteiger partial charge in [-0.1, -0.05) is 12.8 Å². The molecule has 30 heavy (non-hydrogen) atoms. The first-order valence-corrected chi connectivity index (χ1v) is 12.1. The standard InChI is InChI=1S/C21H32N2O6S/c1-27-20-9-8-18(30(25,26)23-11-4-2-3-5-12-23)15-19(20)22-21(24)10-14-28-16-17-7-6-13-29-17/h8-9,15,17H,2-7,10-14,16H2,1H3,(H,22,24). The molecule has 2 fully saturated rings. The lowest BCUT2D eigenvalue weighted by molar-refractivity contribution is -0.117. The maximum absolute atomic E-state index is 13.1. The van der Waals surface area contributed by atoms with Gasteiger partial charge in [0.05, 0.1) is 43.4 Å². The van der Waals surface area contributed by atoms with Crippen molar-refractivity contribution < 1.29 is 27.4 Å². The highest BCUT2D eigenvalue weighted by Crippen LogP contribution is 2.30. The Morgan fingerprint density at radius 1 is 1.20 bits per heavy atom. The predicted octanol–water partition coefficient (Wildman–Crippen LogP) is 2.78. The molecule has 0 bridgehead atoms. The Balaban J connectivity index is 1.61. The Bertz CT molecular complexity index is 800. The Labute approximate surface area is 178 Å². The van der Waals surface area contributed by atoms with Gasteiger partial charge in [0.25, 0.3) is 0 Å². The quantitative estimate of drug-likeness (QED) is 0.594. The number of sulfonamides is 1. The molecule has 0 spiro atoms. The second kappa shape index (κ2) is 11.1. The summed E-state index contributed by atoms with van der Waals surface area (Å²) in [6, 6.07) is 4.58. The third kappa shape index (κ3) is 6.16. The number of hydrogen-bond acceptors (Lipinski definition) is 6. The van der Waals surface area contributed by atoms with E-state index >= 15 is 0 Å².